The van der Waals surface area contributed by atoms with Gasteiger partial charge in [-0.05, 0) is 61.3 Å². The number of benzene rings is 1. The summed E-state index contributed by atoms with van der Waals surface area (Å²) in [5.74, 6) is 0.0621. The van der Waals surface area contributed by atoms with Crippen molar-refractivity contribution in [2.45, 2.75) is 45.3 Å². The minimum Gasteiger partial charge on any atom is -0.478 e. The third-order valence-electron chi connectivity index (χ3n) is 6.22. The molecule has 0 saturated carbocycles. The van der Waals surface area contributed by atoms with Gasteiger partial charge in [-0.2, -0.15) is 0 Å². The number of hydrogen-bond acceptors (Lipinski definition) is 8. The highest BCUT2D eigenvalue weighted by atomic mass is 79.9. The van der Waals surface area contributed by atoms with Crippen LogP contribution < -0.4 is 9.64 Å². The van der Waals surface area contributed by atoms with Gasteiger partial charge in [0, 0.05) is 50.0 Å². The maximum absolute atomic E-state index is 12.3. The van der Waals surface area contributed by atoms with Crippen LogP contribution in [-0.4, -0.2) is 65.9 Å². The van der Waals surface area contributed by atoms with Crippen LogP contribution in [0.5, 0.6) is 5.75 Å². The van der Waals surface area contributed by atoms with Crippen molar-refractivity contribution >= 4 is 45.0 Å². The fourth-order valence-electron chi connectivity index (χ4n) is 4.38. The molecule has 1 aromatic carbocycles. The predicted molar refractivity (Wildman–Crippen MR) is 143 cm³/mol. The van der Waals surface area contributed by atoms with E-state index in [1.807, 2.05) is 26.8 Å². The second-order valence-corrected chi connectivity index (χ2v) is 11.3. The van der Waals surface area contributed by atoms with Gasteiger partial charge in [0.15, 0.2) is 0 Å². The highest BCUT2D eigenvalue weighted by Gasteiger charge is 2.36. The number of carbonyl (C=O) groups is 1. The van der Waals surface area contributed by atoms with Crippen molar-refractivity contribution in [2.24, 2.45) is 0 Å². The third kappa shape index (κ3) is 6.27. The lowest BCUT2D eigenvalue weighted by Crippen LogP contribution is -2.50. The molecule has 2 aromatic rings. The summed E-state index contributed by atoms with van der Waals surface area (Å²) in [7, 11) is 0. The van der Waals surface area contributed by atoms with Gasteiger partial charge in [0.1, 0.15) is 16.9 Å². The Balaban J connectivity index is 1.55. The Bertz CT molecular complexity index is 1180. The zero-order chi connectivity index (χ0) is 26.9. The molecule has 37 heavy (non-hydrogen) atoms. The summed E-state index contributed by atoms with van der Waals surface area (Å²) < 4.78 is 17.5. The number of ether oxygens (including phenoxy) is 3. The molecule has 2 aliphatic heterocycles. The van der Waals surface area contributed by atoms with Crippen LogP contribution in [0.25, 0.3) is 0 Å². The van der Waals surface area contributed by atoms with E-state index in [1.165, 1.54) is 6.07 Å². The number of halogens is 2. The Morgan fingerprint density at radius 3 is 2.59 bits per heavy atom. The lowest BCUT2D eigenvalue weighted by atomic mass is 9.91. The first-order valence-electron chi connectivity index (χ1n) is 12.0. The quantitative estimate of drug-likeness (QED) is 0.237. The van der Waals surface area contributed by atoms with Gasteiger partial charge in [0.25, 0.3) is 0 Å². The molecule has 1 atom stereocenters. The number of nitrogens with zero attached hydrogens (tertiary/aromatic N) is 4. The van der Waals surface area contributed by atoms with Crippen LogP contribution >= 0.6 is 27.5 Å². The maximum atomic E-state index is 12.3. The first kappa shape index (κ1) is 27.4. The molecule has 2 saturated heterocycles. The molecule has 2 aliphatic rings. The Hall–Kier alpha value is -2.63. The van der Waals surface area contributed by atoms with E-state index < -0.39 is 22.7 Å². The van der Waals surface area contributed by atoms with E-state index in [2.05, 4.69) is 25.8 Å². The Morgan fingerprint density at radius 1 is 1.30 bits per heavy atom. The summed E-state index contributed by atoms with van der Waals surface area (Å²) in [6.07, 6.45) is 0.622. The lowest BCUT2D eigenvalue weighted by molar-refractivity contribution is -0.386. The number of amides is 1. The summed E-state index contributed by atoms with van der Waals surface area (Å²) in [5.41, 5.74) is 1.51. The molecule has 1 unspecified atom stereocenters. The SMILES string of the molecule is CC(Oc1c(Br)cc(C2CN(C(=O)OC(C)(C)C)C2)cc1[N+](=O)[O-])c1c(N2CCOCC2)ccnc1Cl. The van der Waals surface area contributed by atoms with Crippen LogP contribution in [0.1, 0.15) is 50.8 Å². The van der Waals surface area contributed by atoms with Gasteiger partial charge >= 0.3 is 11.8 Å². The van der Waals surface area contributed by atoms with Gasteiger partial charge in [0.05, 0.1) is 28.2 Å². The molecule has 1 aromatic heterocycles. The van der Waals surface area contributed by atoms with E-state index in [-0.39, 0.29) is 22.5 Å². The molecule has 2 fully saturated rings. The minimum absolute atomic E-state index is 0.0466. The molecule has 0 bridgehead atoms. The van der Waals surface area contributed by atoms with Crippen molar-refractivity contribution in [2.75, 3.05) is 44.3 Å². The van der Waals surface area contributed by atoms with Gasteiger partial charge in [-0.25, -0.2) is 9.78 Å². The summed E-state index contributed by atoms with van der Waals surface area (Å²) in [6.45, 7) is 10.6. The topological polar surface area (TPSA) is 107 Å². The number of nitro groups is 1. The van der Waals surface area contributed by atoms with Gasteiger partial charge in [-0.15, -0.1) is 0 Å². The minimum atomic E-state index is -0.619. The van der Waals surface area contributed by atoms with Gasteiger partial charge in [-0.3, -0.25) is 10.1 Å². The average Bonchev–Trinajstić information content (AvgIpc) is 2.78. The molecule has 1 amide bonds. The molecule has 4 rings (SSSR count). The molecule has 3 heterocycles. The molecule has 12 heteroatoms. The van der Waals surface area contributed by atoms with E-state index >= 15 is 0 Å². The van der Waals surface area contributed by atoms with Crippen LogP contribution in [0.2, 0.25) is 5.15 Å². The highest BCUT2D eigenvalue weighted by Crippen LogP contribution is 2.43. The number of anilines is 1. The normalized spacial score (nSPS) is 17.2. The fraction of sp³-hybridized carbons (Fsp3) is 0.520. The number of carbonyl (C=O) groups excluding carboxylic acids is 1. The van der Waals surface area contributed by atoms with E-state index in [1.54, 1.807) is 24.1 Å². The number of pyridine rings is 1. The number of aromatic nitrogens is 1. The largest absolute Gasteiger partial charge is 0.478 e. The third-order valence-corrected chi connectivity index (χ3v) is 7.11. The smallest absolute Gasteiger partial charge is 0.410 e. The Labute approximate surface area is 229 Å². The van der Waals surface area contributed by atoms with E-state index in [0.29, 0.717) is 49.4 Å². The van der Waals surface area contributed by atoms with Crippen molar-refractivity contribution in [1.82, 2.24) is 9.88 Å². The maximum Gasteiger partial charge on any atom is 0.410 e. The summed E-state index contributed by atoms with van der Waals surface area (Å²) >= 11 is 9.96. The second kappa shape index (κ2) is 11.0. The van der Waals surface area contributed by atoms with Crippen molar-refractivity contribution in [3.63, 3.8) is 0 Å². The lowest BCUT2D eigenvalue weighted by Gasteiger charge is -2.40. The Morgan fingerprint density at radius 2 is 1.97 bits per heavy atom. The van der Waals surface area contributed by atoms with Crippen molar-refractivity contribution in [3.05, 3.63) is 55.3 Å². The molecular formula is C25H30BrClN4O6. The number of likely N-dealkylation sites (tertiary alicyclic amines) is 1. The Kier molecular flexibility index (Phi) is 8.15. The molecule has 200 valence electrons. The molecular weight excluding hydrogens is 568 g/mol. The van der Waals surface area contributed by atoms with Crippen molar-refractivity contribution < 1.29 is 23.9 Å². The van der Waals surface area contributed by atoms with Gasteiger partial charge in [-0.1, -0.05) is 11.6 Å². The number of nitro benzene ring substituents is 1. The van der Waals surface area contributed by atoms with E-state index in [0.717, 1.165) is 11.3 Å². The van der Waals surface area contributed by atoms with Gasteiger partial charge in [0.2, 0.25) is 5.75 Å². The van der Waals surface area contributed by atoms with Crippen LogP contribution in [0, 0.1) is 10.1 Å². The summed E-state index contributed by atoms with van der Waals surface area (Å²) in [6, 6.07) is 5.18. The molecule has 0 aliphatic carbocycles. The van der Waals surface area contributed by atoms with Crippen LogP contribution in [-0.2, 0) is 9.47 Å². The molecule has 10 nitrogen and oxygen atoms in total. The summed E-state index contributed by atoms with van der Waals surface area (Å²) in [4.78, 5) is 31.8. The molecule has 0 spiro atoms. The van der Waals surface area contributed by atoms with Crippen molar-refractivity contribution in [3.8, 4) is 5.75 Å². The van der Waals surface area contributed by atoms with Gasteiger partial charge < -0.3 is 24.0 Å². The first-order valence-corrected chi connectivity index (χ1v) is 13.2. The monoisotopic (exact) mass is 596 g/mol. The van der Waals surface area contributed by atoms with E-state index in [9.17, 15) is 14.9 Å². The van der Waals surface area contributed by atoms with E-state index in [4.69, 9.17) is 25.8 Å². The average molecular weight is 598 g/mol. The fourth-order valence-corrected chi connectivity index (χ4v) is 5.25. The van der Waals surface area contributed by atoms with Crippen LogP contribution in [0.3, 0.4) is 0 Å². The second-order valence-electron chi connectivity index (χ2n) is 10.1. The predicted octanol–water partition coefficient (Wildman–Crippen LogP) is 5.72. The van der Waals surface area contributed by atoms with Crippen LogP contribution in [0.15, 0.2) is 28.9 Å². The zero-order valence-electron chi connectivity index (χ0n) is 21.2. The zero-order valence-corrected chi connectivity index (χ0v) is 23.5. The van der Waals surface area contributed by atoms with Crippen molar-refractivity contribution in [1.29, 1.82) is 0 Å². The number of morpholine rings is 1. The highest BCUT2D eigenvalue weighted by molar-refractivity contribution is 9.10. The van der Waals surface area contributed by atoms with Crippen LogP contribution in [0.4, 0.5) is 16.2 Å². The number of hydrogen-bond donors (Lipinski definition) is 0. The standard InChI is InChI=1S/C25H30BrClN4O6/c1-15(21-19(5-6-28-23(21)27)29-7-9-35-10-8-29)36-22-18(26)11-16(12-20(22)31(33)34)17-13-30(14-17)24(32)37-25(2,3)4/h5-6,11-12,15,17H,7-10,13-14H2,1-4H3. The first-order chi connectivity index (χ1) is 17.4. The molecule has 0 N–H and O–H groups in total. The summed E-state index contributed by atoms with van der Waals surface area (Å²) in [5, 5.41) is 12.3. The molecule has 0 radical (unpaired) electrons. The number of rotatable bonds is 6.